The summed E-state index contributed by atoms with van der Waals surface area (Å²) < 4.78 is 25.4. The van der Waals surface area contributed by atoms with Crippen LogP contribution in [0.3, 0.4) is 0 Å². The third-order valence-corrected chi connectivity index (χ3v) is 5.26. The third-order valence-electron chi connectivity index (χ3n) is 2.70. The van der Waals surface area contributed by atoms with Gasteiger partial charge in [-0.3, -0.25) is 9.48 Å². The normalized spacial score (nSPS) is 13.6. The fourth-order valence-electron chi connectivity index (χ4n) is 1.72. The van der Waals surface area contributed by atoms with E-state index in [4.69, 9.17) is 16.7 Å². The number of aryl methyl sites for hydroxylation is 2. The first-order valence-electron chi connectivity index (χ1n) is 5.33. The monoisotopic (exact) mass is 294 g/mol. The van der Waals surface area contributed by atoms with E-state index in [0.29, 0.717) is 11.3 Å². The molecule has 6 nitrogen and oxygen atoms in total. The Morgan fingerprint density at radius 1 is 1.56 bits per heavy atom. The Labute approximate surface area is 110 Å². The number of hydrogen-bond donors (Lipinski definition) is 1. The zero-order chi connectivity index (χ0) is 14.1. The Morgan fingerprint density at radius 3 is 2.44 bits per heavy atom. The molecule has 0 saturated heterocycles. The first-order valence-corrected chi connectivity index (χ1v) is 7.42. The number of aliphatic carboxylic acids is 1. The van der Waals surface area contributed by atoms with Crippen LogP contribution in [0.4, 0.5) is 0 Å². The Balaban J connectivity index is 3.13. The van der Waals surface area contributed by atoms with E-state index in [1.54, 1.807) is 14.0 Å². The number of carboxylic acids is 1. The SMILES string of the molecule is CCC(C(=O)O)S(=O)(=O)Cc1c(C)nn(C)c1Cl. The molecule has 0 aliphatic carbocycles. The number of hydrogen-bond acceptors (Lipinski definition) is 4. The van der Waals surface area contributed by atoms with Gasteiger partial charge in [-0.2, -0.15) is 5.10 Å². The van der Waals surface area contributed by atoms with E-state index in [2.05, 4.69) is 5.10 Å². The molecular formula is C10H15ClN2O4S. The average molecular weight is 295 g/mol. The Hall–Kier alpha value is -1.08. The number of carboxylic acid groups (broad SMARTS) is 1. The summed E-state index contributed by atoms with van der Waals surface area (Å²) in [6.45, 7) is 3.16. The van der Waals surface area contributed by atoms with Crippen LogP contribution in [0.15, 0.2) is 0 Å². The Kier molecular flexibility index (Phi) is 4.39. The van der Waals surface area contributed by atoms with Gasteiger partial charge in [0.05, 0.1) is 11.4 Å². The number of halogens is 1. The molecule has 0 radical (unpaired) electrons. The number of carbonyl (C=O) groups is 1. The van der Waals surface area contributed by atoms with Crippen LogP contribution < -0.4 is 0 Å². The summed E-state index contributed by atoms with van der Waals surface area (Å²) in [5.74, 6) is -1.74. The molecule has 0 aromatic carbocycles. The Morgan fingerprint density at radius 2 is 2.11 bits per heavy atom. The topological polar surface area (TPSA) is 89.3 Å². The van der Waals surface area contributed by atoms with Crippen LogP contribution in [0.2, 0.25) is 5.15 Å². The van der Waals surface area contributed by atoms with Crippen molar-refractivity contribution in [3.8, 4) is 0 Å². The number of nitrogens with zero attached hydrogens (tertiary/aromatic N) is 2. The van der Waals surface area contributed by atoms with Crippen LogP contribution in [-0.4, -0.2) is 34.5 Å². The first-order chi connectivity index (χ1) is 8.20. The van der Waals surface area contributed by atoms with Gasteiger partial charge in [-0.05, 0) is 13.3 Å². The molecule has 1 rings (SSSR count). The quantitative estimate of drug-likeness (QED) is 0.880. The molecule has 1 unspecified atom stereocenters. The van der Waals surface area contributed by atoms with Crippen molar-refractivity contribution in [3.63, 3.8) is 0 Å². The van der Waals surface area contributed by atoms with E-state index in [9.17, 15) is 13.2 Å². The fourth-order valence-corrected chi connectivity index (χ4v) is 3.81. The van der Waals surface area contributed by atoms with Crippen LogP contribution in [-0.2, 0) is 27.4 Å². The van der Waals surface area contributed by atoms with Crippen molar-refractivity contribution in [1.29, 1.82) is 0 Å². The molecule has 0 aliphatic heterocycles. The van der Waals surface area contributed by atoms with Crippen LogP contribution >= 0.6 is 11.6 Å². The second-order valence-electron chi connectivity index (χ2n) is 4.02. The lowest BCUT2D eigenvalue weighted by atomic mass is 10.3. The predicted octanol–water partition coefficient (Wildman–Crippen LogP) is 1.16. The lowest BCUT2D eigenvalue weighted by molar-refractivity contribution is -0.136. The van der Waals surface area contributed by atoms with Gasteiger partial charge in [0, 0.05) is 12.6 Å². The van der Waals surface area contributed by atoms with E-state index < -0.39 is 26.8 Å². The third kappa shape index (κ3) is 2.84. The fraction of sp³-hybridized carbons (Fsp3) is 0.600. The molecular weight excluding hydrogens is 280 g/mol. The number of aromatic nitrogens is 2. The molecule has 18 heavy (non-hydrogen) atoms. The summed E-state index contributed by atoms with van der Waals surface area (Å²) in [5, 5.41) is 11.7. The van der Waals surface area contributed by atoms with E-state index in [1.807, 2.05) is 0 Å². The van der Waals surface area contributed by atoms with Gasteiger partial charge in [0.1, 0.15) is 5.15 Å². The maximum absolute atomic E-state index is 12.0. The summed E-state index contributed by atoms with van der Waals surface area (Å²) in [7, 11) is -2.20. The van der Waals surface area contributed by atoms with Crippen molar-refractivity contribution >= 4 is 27.4 Å². The van der Waals surface area contributed by atoms with Crippen molar-refractivity contribution in [2.75, 3.05) is 0 Å². The lowest BCUT2D eigenvalue weighted by Gasteiger charge is -2.11. The van der Waals surface area contributed by atoms with Gasteiger partial charge in [0.2, 0.25) is 0 Å². The summed E-state index contributed by atoms with van der Waals surface area (Å²) in [6.07, 6.45) is 0.0224. The summed E-state index contributed by atoms with van der Waals surface area (Å²) >= 11 is 5.94. The van der Waals surface area contributed by atoms with Crippen molar-refractivity contribution in [2.45, 2.75) is 31.3 Å². The molecule has 102 valence electrons. The second kappa shape index (κ2) is 5.27. The summed E-state index contributed by atoms with van der Waals surface area (Å²) in [4.78, 5) is 10.9. The molecule has 1 N–H and O–H groups in total. The second-order valence-corrected chi connectivity index (χ2v) is 6.56. The van der Waals surface area contributed by atoms with E-state index in [-0.39, 0.29) is 11.6 Å². The van der Waals surface area contributed by atoms with Crippen LogP contribution in [0.25, 0.3) is 0 Å². The lowest BCUT2D eigenvalue weighted by Crippen LogP contribution is -2.30. The van der Waals surface area contributed by atoms with Crippen LogP contribution in [0, 0.1) is 6.92 Å². The number of rotatable bonds is 5. The van der Waals surface area contributed by atoms with E-state index >= 15 is 0 Å². The molecule has 1 aromatic rings. The van der Waals surface area contributed by atoms with Gasteiger partial charge < -0.3 is 5.11 Å². The minimum Gasteiger partial charge on any atom is -0.480 e. The van der Waals surface area contributed by atoms with Gasteiger partial charge >= 0.3 is 5.97 Å². The zero-order valence-electron chi connectivity index (χ0n) is 10.3. The van der Waals surface area contributed by atoms with Crippen molar-refractivity contribution in [1.82, 2.24) is 9.78 Å². The molecule has 1 aromatic heterocycles. The maximum atomic E-state index is 12.0. The summed E-state index contributed by atoms with van der Waals surface area (Å²) in [6, 6.07) is 0. The molecule has 0 saturated carbocycles. The molecule has 0 spiro atoms. The van der Waals surface area contributed by atoms with Crippen LogP contribution in [0.5, 0.6) is 0 Å². The standard InChI is InChI=1S/C10H15ClN2O4S/c1-4-8(10(14)15)18(16,17)5-7-6(2)12-13(3)9(7)11/h8H,4-5H2,1-3H3,(H,14,15). The summed E-state index contributed by atoms with van der Waals surface area (Å²) in [5.41, 5.74) is 0.852. The highest BCUT2D eigenvalue weighted by molar-refractivity contribution is 7.92. The smallest absolute Gasteiger partial charge is 0.321 e. The van der Waals surface area contributed by atoms with E-state index in [1.165, 1.54) is 11.6 Å². The average Bonchev–Trinajstić information content (AvgIpc) is 2.44. The Bertz CT molecular complexity index is 565. The number of sulfone groups is 1. The maximum Gasteiger partial charge on any atom is 0.321 e. The van der Waals surface area contributed by atoms with Crippen molar-refractivity contribution in [3.05, 3.63) is 16.4 Å². The molecule has 0 aliphatic rings. The molecule has 0 amide bonds. The van der Waals surface area contributed by atoms with Gasteiger partial charge in [-0.15, -0.1) is 0 Å². The zero-order valence-corrected chi connectivity index (χ0v) is 11.9. The predicted molar refractivity (Wildman–Crippen MR) is 67.3 cm³/mol. The molecule has 8 heteroatoms. The minimum absolute atomic E-state index is 0.0224. The van der Waals surface area contributed by atoms with Crippen LogP contribution in [0.1, 0.15) is 24.6 Å². The molecule has 0 fully saturated rings. The van der Waals surface area contributed by atoms with E-state index in [0.717, 1.165) is 0 Å². The van der Waals surface area contributed by atoms with Crippen molar-refractivity contribution < 1.29 is 18.3 Å². The largest absolute Gasteiger partial charge is 0.480 e. The van der Waals surface area contributed by atoms with Gasteiger partial charge in [-0.1, -0.05) is 18.5 Å². The van der Waals surface area contributed by atoms with Gasteiger partial charge in [-0.25, -0.2) is 8.42 Å². The highest BCUT2D eigenvalue weighted by Crippen LogP contribution is 2.23. The van der Waals surface area contributed by atoms with Gasteiger partial charge in [0.15, 0.2) is 15.1 Å². The first kappa shape index (κ1) is 15.0. The van der Waals surface area contributed by atoms with Gasteiger partial charge in [0.25, 0.3) is 0 Å². The molecule has 1 heterocycles. The highest BCUT2D eigenvalue weighted by Gasteiger charge is 2.32. The highest BCUT2D eigenvalue weighted by atomic mass is 35.5. The van der Waals surface area contributed by atoms with Crippen molar-refractivity contribution in [2.24, 2.45) is 7.05 Å². The molecule has 0 bridgehead atoms. The minimum atomic E-state index is -3.79. The molecule has 1 atom stereocenters.